The lowest BCUT2D eigenvalue weighted by molar-refractivity contribution is -0.384. The summed E-state index contributed by atoms with van der Waals surface area (Å²) in [4.78, 5) is 23.1. The second-order valence-electron chi connectivity index (χ2n) is 6.31. The number of carbonyl (C=O) groups excluding carboxylic acids is 1. The first kappa shape index (κ1) is 20.8. The summed E-state index contributed by atoms with van der Waals surface area (Å²) in [5, 5.41) is 14.8. The molecule has 0 saturated heterocycles. The Kier molecular flexibility index (Phi) is 6.46. The van der Waals surface area contributed by atoms with Crippen molar-refractivity contribution in [1.29, 1.82) is 0 Å². The molecular formula is C21H15Cl2FN2O3. The Morgan fingerprint density at radius 1 is 1.00 bits per heavy atom. The van der Waals surface area contributed by atoms with E-state index in [0.29, 0.717) is 26.9 Å². The van der Waals surface area contributed by atoms with E-state index in [9.17, 15) is 19.3 Å². The quantitative estimate of drug-likeness (QED) is 0.263. The van der Waals surface area contributed by atoms with Crippen LogP contribution in [0.25, 0.3) is 0 Å². The maximum atomic E-state index is 13.1. The normalized spacial score (nSPS) is 11.7. The molecule has 0 spiro atoms. The van der Waals surface area contributed by atoms with Gasteiger partial charge in [0.25, 0.3) is 5.69 Å². The zero-order valence-electron chi connectivity index (χ0n) is 14.9. The van der Waals surface area contributed by atoms with Gasteiger partial charge in [-0.3, -0.25) is 14.9 Å². The largest absolute Gasteiger partial charge is 0.378 e. The van der Waals surface area contributed by atoms with Crippen LogP contribution in [0.2, 0.25) is 10.0 Å². The number of hydrogen-bond acceptors (Lipinski definition) is 4. The van der Waals surface area contributed by atoms with Gasteiger partial charge in [0.2, 0.25) is 0 Å². The van der Waals surface area contributed by atoms with Gasteiger partial charge in [0, 0.05) is 29.8 Å². The number of nitrogens with one attached hydrogen (secondary N) is 1. The minimum absolute atomic E-state index is 0.0379. The second-order valence-corrected chi connectivity index (χ2v) is 7.12. The highest BCUT2D eigenvalue weighted by atomic mass is 35.5. The van der Waals surface area contributed by atoms with Crippen molar-refractivity contribution in [3.63, 3.8) is 0 Å². The van der Waals surface area contributed by atoms with Crippen LogP contribution < -0.4 is 5.32 Å². The first-order valence-corrected chi connectivity index (χ1v) is 9.34. The van der Waals surface area contributed by atoms with Crippen LogP contribution in [-0.4, -0.2) is 10.7 Å². The predicted octanol–water partition coefficient (Wildman–Crippen LogP) is 6.47. The van der Waals surface area contributed by atoms with Gasteiger partial charge in [-0.2, -0.15) is 0 Å². The maximum Gasteiger partial charge on any atom is 0.269 e. The molecule has 1 unspecified atom stereocenters. The average molecular weight is 433 g/mol. The molecule has 3 aromatic carbocycles. The number of nitro benzene ring substituents is 1. The van der Waals surface area contributed by atoms with Gasteiger partial charge >= 0.3 is 0 Å². The van der Waals surface area contributed by atoms with E-state index in [1.165, 1.54) is 36.4 Å². The van der Waals surface area contributed by atoms with Gasteiger partial charge in [-0.1, -0.05) is 29.3 Å². The summed E-state index contributed by atoms with van der Waals surface area (Å²) >= 11 is 12.1. The topological polar surface area (TPSA) is 72.2 Å². The lowest BCUT2D eigenvalue weighted by Gasteiger charge is -2.20. The van der Waals surface area contributed by atoms with E-state index >= 15 is 0 Å². The summed E-state index contributed by atoms with van der Waals surface area (Å²) in [5.74, 6) is -0.623. The van der Waals surface area contributed by atoms with Crippen molar-refractivity contribution >= 4 is 40.4 Å². The fraction of sp³-hybridized carbons (Fsp3) is 0.0952. The van der Waals surface area contributed by atoms with Crippen molar-refractivity contribution in [2.24, 2.45) is 0 Å². The molecule has 1 N–H and O–H groups in total. The molecule has 1 atom stereocenters. The molecule has 0 amide bonds. The third-order valence-corrected chi connectivity index (χ3v) is 5.06. The summed E-state index contributed by atoms with van der Waals surface area (Å²) in [5.41, 5.74) is 1.65. The summed E-state index contributed by atoms with van der Waals surface area (Å²) in [6, 6.07) is 15.7. The fourth-order valence-electron chi connectivity index (χ4n) is 2.80. The molecule has 3 aromatic rings. The number of nitrogens with zero attached hydrogens (tertiary/aromatic N) is 1. The Morgan fingerprint density at radius 3 is 2.24 bits per heavy atom. The summed E-state index contributed by atoms with van der Waals surface area (Å²) in [6.07, 6.45) is 0.0561. The Bertz CT molecular complexity index is 1040. The van der Waals surface area contributed by atoms with Crippen molar-refractivity contribution in [3.05, 3.63) is 104 Å². The van der Waals surface area contributed by atoms with Crippen molar-refractivity contribution in [2.75, 3.05) is 5.32 Å². The maximum absolute atomic E-state index is 13.1. The third-order valence-electron chi connectivity index (χ3n) is 4.32. The minimum atomic E-state index is -0.488. The number of Topliss-reactive ketones (excluding diaryl/α,β-unsaturated/α-hetero) is 1. The number of hydrogen-bond donors (Lipinski definition) is 1. The zero-order valence-corrected chi connectivity index (χ0v) is 16.5. The number of nitro groups is 1. The molecule has 0 aromatic heterocycles. The van der Waals surface area contributed by atoms with Gasteiger partial charge < -0.3 is 5.32 Å². The summed E-state index contributed by atoms with van der Waals surface area (Å²) in [6.45, 7) is 0. The molecular weight excluding hydrogens is 418 g/mol. The van der Waals surface area contributed by atoms with Gasteiger partial charge in [0.15, 0.2) is 5.78 Å². The number of rotatable bonds is 7. The molecule has 0 aliphatic rings. The van der Waals surface area contributed by atoms with Crippen LogP contribution >= 0.6 is 23.2 Å². The SMILES string of the molecule is O=C(CC(Nc1ccc([N+](=O)[O-])cc1)c1ccc(Cl)c(Cl)c1)c1ccc(F)cc1. The number of halogens is 3. The molecule has 0 fully saturated rings. The Hall–Kier alpha value is -2.96. The van der Waals surface area contributed by atoms with Crippen molar-refractivity contribution in [1.82, 2.24) is 0 Å². The zero-order chi connectivity index (χ0) is 21.0. The number of ketones is 1. The monoisotopic (exact) mass is 432 g/mol. The molecule has 29 heavy (non-hydrogen) atoms. The molecule has 0 aliphatic heterocycles. The number of benzene rings is 3. The van der Waals surface area contributed by atoms with Crippen LogP contribution in [0.15, 0.2) is 66.7 Å². The fourth-order valence-corrected chi connectivity index (χ4v) is 3.11. The van der Waals surface area contributed by atoms with Gasteiger partial charge in [-0.05, 0) is 54.1 Å². The van der Waals surface area contributed by atoms with Gasteiger partial charge in [0.1, 0.15) is 5.82 Å². The average Bonchev–Trinajstić information content (AvgIpc) is 2.70. The third kappa shape index (κ3) is 5.31. The van der Waals surface area contributed by atoms with Crippen LogP contribution in [0.4, 0.5) is 15.8 Å². The van der Waals surface area contributed by atoms with E-state index in [2.05, 4.69) is 5.32 Å². The standard InChI is InChI=1S/C21H15Cl2FN2O3/c22-18-10-3-14(11-19(18)23)20(12-21(27)13-1-4-15(24)5-2-13)25-16-6-8-17(9-7-16)26(28)29/h1-11,20,25H,12H2. The molecule has 0 heterocycles. The number of carbonyl (C=O) groups is 1. The van der Waals surface area contributed by atoms with Crippen LogP contribution in [0.5, 0.6) is 0 Å². The van der Waals surface area contributed by atoms with E-state index < -0.39 is 16.8 Å². The molecule has 0 aliphatic carbocycles. The first-order chi connectivity index (χ1) is 13.8. The van der Waals surface area contributed by atoms with Gasteiger partial charge in [-0.25, -0.2) is 4.39 Å². The molecule has 5 nitrogen and oxygen atoms in total. The van der Waals surface area contributed by atoms with E-state index in [1.807, 2.05) is 0 Å². The van der Waals surface area contributed by atoms with E-state index in [1.54, 1.807) is 30.3 Å². The van der Waals surface area contributed by atoms with Gasteiger partial charge in [-0.15, -0.1) is 0 Å². The van der Waals surface area contributed by atoms with E-state index in [0.717, 1.165) is 0 Å². The lowest BCUT2D eigenvalue weighted by atomic mass is 9.97. The van der Waals surface area contributed by atoms with Crippen LogP contribution in [0, 0.1) is 15.9 Å². The lowest BCUT2D eigenvalue weighted by Crippen LogP contribution is -2.16. The smallest absolute Gasteiger partial charge is 0.269 e. The Labute approximate surface area is 176 Å². The van der Waals surface area contributed by atoms with Crippen molar-refractivity contribution in [2.45, 2.75) is 12.5 Å². The molecule has 0 saturated carbocycles. The Balaban J connectivity index is 1.88. The molecule has 0 radical (unpaired) electrons. The molecule has 0 bridgehead atoms. The highest BCUT2D eigenvalue weighted by Crippen LogP contribution is 2.30. The first-order valence-electron chi connectivity index (χ1n) is 8.58. The summed E-state index contributed by atoms with van der Waals surface area (Å²) in [7, 11) is 0. The molecule has 3 rings (SSSR count). The van der Waals surface area contributed by atoms with Crippen LogP contribution in [0.1, 0.15) is 28.4 Å². The highest BCUT2D eigenvalue weighted by molar-refractivity contribution is 6.42. The predicted molar refractivity (Wildman–Crippen MR) is 111 cm³/mol. The number of non-ortho nitro benzene ring substituents is 1. The number of anilines is 1. The Morgan fingerprint density at radius 2 is 1.66 bits per heavy atom. The highest BCUT2D eigenvalue weighted by Gasteiger charge is 2.19. The molecule has 148 valence electrons. The van der Waals surface area contributed by atoms with Crippen molar-refractivity contribution in [3.8, 4) is 0 Å². The molecule has 8 heteroatoms. The summed E-state index contributed by atoms with van der Waals surface area (Å²) < 4.78 is 13.1. The van der Waals surface area contributed by atoms with Crippen LogP contribution in [-0.2, 0) is 0 Å². The van der Waals surface area contributed by atoms with Gasteiger partial charge in [0.05, 0.1) is 21.0 Å². The van der Waals surface area contributed by atoms with Crippen LogP contribution in [0.3, 0.4) is 0 Å². The second kappa shape index (κ2) is 9.03. The minimum Gasteiger partial charge on any atom is -0.378 e. The van der Waals surface area contributed by atoms with Crippen molar-refractivity contribution < 1.29 is 14.1 Å². The van der Waals surface area contributed by atoms with E-state index in [-0.39, 0.29) is 17.9 Å². The van der Waals surface area contributed by atoms with E-state index in [4.69, 9.17) is 23.2 Å².